The number of pyridine rings is 1. The first-order valence-corrected chi connectivity index (χ1v) is 7.38. The minimum atomic E-state index is -3.72. The maximum absolute atomic E-state index is 12.1. The van der Waals surface area contributed by atoms with Gasteiger partial charge in [-0.05, 0) is 6.07 Å². The van der Waals surface area contributed by atoms with E-state index in [1.54, 1.807) is 24.0 Å². The normalized spacial score (nSPS) is 11.6. The molecular formula is C10H13ClN6O2S. The van der Waals surface area contributed by atoms with Crippen LogP contribution in [0.25, 0.3) is 0 Å². The van der Waals surface area contributed by atoms with E-state index in [4.69, 9.17) is 17.4 Å². The fourth-order valence-corrected chi connectivity index (χ4v) is 2.72. The second-order valence-electron chi connectivity index (χ2n) is 3.92. The smallest absolute Gasteiger partial charge is 0.242 e. The van der Waals surface area contributed by atoms with Crippen LogP contribution in [0.1, 0.15) is 5.82 Å². The van der Waals surface area contributed by atoms with Crippen LogP contribution in [0.15, 0.2) is 29.6 Å². The minimum Gasteiger partial charge on any atom is -0.337 e. The Balaban J connectivity index is 2.18. The van der Waals surface area contributed by atoms with Crippen LogP contribution in [-0.4, -0.2) is 23.0 Å². The van der Waals surface area contributed by atoms with E-state index in [9.17, 15) is 8.42 Å². The van der Waals surface area contributed by atoms with Crippen molar-refractivity contribution in [1.29, 1.82) is 0 Å². The molecule has 2 aromatic rings. The fraction of sp³-hybridized carbons (Fsp3) is 0.200. The van der Waals surface area contributed by atoms with E-state index in [0.29, 0.717) is 5.82 Å². The van der Waals surface area contributed by atoms with Gasteiger partial charge in [0.15, 0.2) is 5.82 Å². The number of halogens is 1. The van der Waals surface area contributed by atoms with Crippen molar-refractivity contribution < 1.29 is 8.42 Å². The molecule has 0 radical (unpaired) electrons. The molecule has 0 saturated heterocycles. The lowest BCUT2D eigenvalue weighted by Gasteiger charge is -2.08. The molecule has 0 aliphatic rings. The number of imidazole rings is 1. The fourth-order valence-electron chi connectivity index (χ4n) is 1.48. The summed E-state index contributed by atoms with van der Waals surface area (Å²) in [6.07, 6.45) is 4.48. The SMILES string of the molecule is Cn1ccnc1CNS(=O)(=O)c1cnc(NN)c(Cl)c1. The summed E-state index contributed by atoms with van der Waals surface area (Å²) in [5.41, 5.74) is 2.26. The van der Waals surface area contributed by atoms with Gasteiger partial charge in [0.2, 0.25) is 10.0 Å². The van der Waals surface area contributed by atoms with Gasteiger partial charge in [0.1, 0.15) is 10.7 Å². The Morgan fingerprint density at radius 3 is 2.75 bits per heavy atom. The van der Waals surface area contributed by atoms with Gasteiger partial charge in [0.25, 0.3) is 0 Å². The van der Waals surface area contributed by atoms with Gasteiger partial charge in [-0.3, -0.25) is 0 Å². The first-order valence-electron chi connectivity index (χ1n) is 5.52. The summed E-state index contributed by atoms with van der Waals surface area (Å²) in [6, 6.07) is 1.27. The Bertz CT molecular complexity index is 714. The van der Waals surface area contributed by atoms with Crippen LogP contribution in [-0.2, 0) is 23.6 Å². The van der Waals surface area contributed by atoms with Crippen molar-refractivity contribution in [3.8, 4) is 0 Å². The van der Waals surface area contributed by atoms with Gasteiger partial charge in [-0.15, -0.1) is 0 Å². The van der Waals surface area contributed by atoms with Gasteiger partial charge in [0.05, 0.1) is 11.6 Å². The zero-order valence-corrected chi connectivity index (χ0v) is 12.1. The third-order valence-corrected chi connectivity index (χ3v) is 4.26. The average molecular weight is 317 g/mol. The molecule has 0 saturated carbocycles. The van der Waals surface area contributed by atoms with Gasteiger partial charge in [0, 0.05) is 25.6 Å². The Morgan fingerprint density at radius 2 is 2.20 bits per heavy atom. The van der Waals surface area contributed by atoms with E-state index >= 15 is 0 Å². The van der Waals surface area contributed by atoms with Gasteiger partial charge in [-0.25, -0.2) is 29.0 Å². The highest BCUT2D eigenvalue weighted by Crippen LogP contribution is 2.21. The molecule has 0 atom stereocenters. The second-order valence-corrected chi connectivity index (χ2v) is 6.10. The first kappa shape index (κ1) is 14.7. The molecule has 0 aliphatic heterocycles. The van der Waals surface area contributed by atoms with Crippen LogP contribution < -0.4 is 16.0 Å². The summed E-state index contributed by atoms with van der Waals surface area (Å²) in [6.45, 7) is 0.0698. The van der Waals surface area contributed by atoms with Gasteiger partial charge in [-0.1, -0.05) is 11.6 Å². The standard InChI is InChI=1S/C10H13ClN6O2S/c1-17-3-2-13-9(17)6-15-20(18,19)7-4-8(11)10(16-12)14-5-7/h2-5,15H,6,12H2,1H3,(H,14,16). The quantitative estimate of drug-likeness (QED) is 0.537. The number of aromatic nitrogens is 3. The Labute approximate surface area is 121 Å². The minimum absolute atomic E-state index is 0.0456. The highest BCUT2D eigenvalue weighted by molar-refractivity contribution is 7.89. The van der Waals surface area contributed by atoms with E-state index in [1.165, 1.54) is 12.3 Å². The number of nitrogens with one attached hydrogen (secondary N) is 2. The number of anilines is 1. The summed E-state index contributed by atoms with van der Waals surface area (Å²) in [5, 5.41) is 0.118. The number of nitrogens with two attached hydrogens (primary N) is 1. The number of nitrogens with zero attached hydrogens (tertiary/aromatic N) is 3. The lowest BCUT2D eigenvalue weighted by molar-refractivity contribution is 0.577. The molecule has 2 rings (SSSR count). The maximum Gasteiger partial charge on any atom is 0.242 e. The molecule has 0 aliphatic carbocycles. The number of nitrogen functional groups attached to an aromatic ring is 1. The first-order chi connectivity index (χ1) is 9.44. The van der Waals surface area contributed by atoms with Crippen LogP contribution in [0.2, 0.25) is 5.02 Å². The Hall–Kier alpha value is -1.68. The topological polar surface area (TPSA) is 115 Å². The predicted molar refractivity (Wildman–Crippen MR) is 74.3 cm³/mol. The molecule has 0 spiro atoms. The third-order valence-electron chi connectivity index (χ3n) is 2.60. The zero-order chi connectivity index (χ0) is 14.8. The number of sulfonamides is 1. The van der Waals surface area contributed by atoms with Gasteiger partial charge < -0.3 is 9.99 Å². The molecule has 108 valence electrons. The lowest BCUT2D eigenvalue weighted by atomic mass is 10.5. The largest absolute Gasteiger partial charge is 0.337 e. The van der Waals surface area contributed by atoms with Crippen molar-refractivity contribution in [1.82, 2.24) is 19.3 Å². The van der Waals surface area contributed by atoms with Crippen molar-refractivity contribution in [2.75, 3.05) is 5.43 Å². The molecule has 10 heteroatoms. The van der Waals surface area contributed by atoms with E-state index < -0.39 is 10.0 Å². The number of hydrazine groups is 1. The second kappa shape index (κ2) is 5.75. The number of hydrogen-bond acceptors (Lipinski definition) is 6. The van der Waals surface area contributed by atoms with Crippen LogP contribution in [0.4, 0.5) is 5.82 Å². The van der Waals surface area contributed by atoms with Crippen LogP contribution in [0.5, 0.6) is 0 Å². The van der Waals surface area contributed by atoms with Crippen LogP contribution in [0, 0.1) is 0 Å². The zero-order valence-electron chi connectivity index (χ0n) is 10.5. The molecular weight excluding hydrogens is 304 g/mol. The molecule has 2 aromatic heterocycles. The van der Waals surface area contributed by atoms with E-state index in [0.717, 1.165) is 0 Å². The molecule has 0 aromatic carbocycles. The molecule has 8 nitrogen and oxygen atoms in total. The van der Waals surface area contributed by atoms with Gasteiger partial charge >= 0.3 is 0 Å². The summed E-state index contributed by atoms with van der Waals surface area (Å²) < 4.78 is 28.3. The van der Waals surface area contributed by atoms with E-state index in [-0.39, 0.29) is 22.3 Å². The molecule has 20 heavy (non-hydrogen) atoms. The molecule has 4 N–H and O–H groups in total. The van der Waals surface area contributed by atoms with Crippen molar-refractivity contribution in [2.45, 2.75) is 11.4 Å². The number of hydrogen-bond donors (Lipinski definition) is 3. The Kier molecular flexibility index (Phi) is 4.23. The average Bonchev–Trinajstić information content (AvgIpc) is 2.82. The van der Waals surface area contributed by atoms with Crippen molar-refractivity contribution in [2.24, 2.45) is 12.9 Å². The summed E-state index contributed by atoms with van der Waals surface area (Å²) in [5.74, 6) is 5.97. The predicted octanol–water partition coefficient (Wildman–Crippen LogP) is 0.233. The number of rotatable bonds is 5. The Morgan fingerprint density at radius 1 is 1.45 bits per heavy atom. The molecule has 0 bridgehead atoms. The van der Waals surface area contributed by atoms with Crippen molar-refractivity contribution in [3.05, 3.63) is 35.5 Å². The highest BCUT2D eigenvalue weighted by Gasteiger charge is 2.17. The summed E-state index contributed by atoms with van der Waals surface area (Å²) >= 11 is 5.85. The highest BCUT2D eigenvalue weighted by atomic mass is 35.5. The molecule has 0 amide bonds. The number of aryl methyl sites for hydroxylation is 1. The van der Waals surface area contributed by atoms with E-state index in [1.807, 2.05) is 0 Å². The maximum atomic E-state index is 12.1. The van der Waals surface area contributed by atoms with Gasteiger partial charge in [-0.2, -0.15) is 0 Å². The van der Waals surface area contributed by atoms with Crippen LogP contribution in [0.3, 0.4) is 0 Å². The third kappa shape index (κ3) is 3.07. The summed E-state index contributed by atoms with van der Waals surface area (Å²) in [4.78, 5) is 7.80. The summed E-state index contributed by atoms with van der Waals surface area (Å²) in [7, 11) is -1.94. The van der Waals surface area contributed by atoms with Crippen molar-refractivity contribution in [3.63, 3.8) is 0 Å². The monoisotopic (exact) mass is 316 g/mol. The van der Waals surface area contributed by atoms with E-state index in [2.05, 4.69) is 20.1 Å². The molecule has 2 heterocycles. The van der Waals surface area contributed by atoms with Crippen LogP contribution >= 0.6 is 11.6 Å². The molecule has 0 fully saturated rings. The lowest BCUT2D eigenvalue weighted by Crippen LogP contribution is -2.25. The van der Waals surface area contributed by atoms with Crippen molar-refractivity contribution >= 4 is 27.4 Å². The molecule has 0 unspecified atom stereocenters.